The van der Waals surface area contributed by atoms with Crippen LogP contribution >= 0.6 is 0 Å². The monoisotopic (exact) mass is 360 g/mol. The molecule has 0 spiro atoms. The van der Waals surface area contributed by atoms with Gasteiger partial charge in [-0.1, -0.05) is 30.3 Å². The Morgan fingerprint density at radius 3 is 2.22 bits per heavy atom. The molecule has 27 heavy (non-hydrogen) atoms. The second-order valence-corrected chi connectivity index (χ2v) is 6.54. The van der Waals surface area contributed by atoms with Gasteiger partial charge in [-0.25, -0.2) is 0 Å². The maximum Gasteiger partial charge on any atom is 0.242 e. The molecule has 138 valence electrons. The number of amides is 1. The predicted molar refractivity (Wildman–Crippen MR) is 106 cm³/mol. The first-order chi connectivity index (χ1) is 13.1. The van der Waals surface area contributed by atoms with Gasteiger partial charge in [-0.2, -0.15) is 0 Å². The minimum absolute atomic E-state index is 0.0588. The van der Waals surface area contributed by atoms with Gasteiger partial charge in [0, 0.05) is 37.9 Å². The topological polar surface area (TPSA) is 66.9 Å². The van der Waals surface area contributed by atoms with Gasteiger partial charge in [0.25, 0.3) is 0 Å². The summed E-state index contributed by atoms with van der Waals surface area (Å²) in [5.41, 5.74) is 5.28. The first-order valence-electron chi connectivity index (χ1n) is 9.00. The molecule has 1 unspecified atom stereocenters. The molecule has 0 bridgehead atoms. The lowest BCUT2D eigenvalue weighted by Crippen LogP contribution is -2.37. The van der Waals surface area contributed by atoms with Crippen LogP contribution in [0.2, 0.25) is 0 Å². The Balaban J connectivity index is 1.78. The van der Waals surface area contributed by atoms with Crippen LogP contribution in [-0.2, 0) is 17.9 Å². The summed E-state index contributed by atoms with van der Waals surface area (Å²) < 4.78 is 0. The van der Waals surface area contributed by atoms with Gasteiger partial charge in [0.2, 0.25) is 5.91 Å². The first kappa shape index (κ1) is 18.7. The summed E-state index contributed by atoms with van der Waals surface area (Å²) in [7, 11) is 0. The molecule has 3 aromatic rings. The Bertz CT molecular complexity index is 881. The predicted octanol–water partition coefficient (Wildman–Crippen LogP) is 3.24. The van der Waals surface area contributed by atoms with Crippen molar-refractivity contribution < 1.29 is 4.79 Å². The standard InChI is InChI=1S/C22H24N4O/c1-16-6-3-9-20(17(16)2)21(25-14-18-7-4-10-23-12-18)22(27)26-15-19-8-5-11-24-13-19/h3-13,21,25H,14-15H2,1-2H3,(H,26,27). The number of hydrogen-bond acceptors (Lipinski definition) is 4. The fraction of sp³-hybridized carbons (Fsp3) is 0.227. The third-order valence-electron chi connectivity index (χ3n) is 4.64. The zero-order valence-corrected chi connectivity index (χ0v) is 15.6. The van der Waals surface area contributed by atoms with Gasteiger partial charge >= 0.3 is 0 Å². The van der Waals surface area contributed by atoms with Crippen LogP contribution in [0.3, 0.4) is 0 Å². The Labute approximate surface area is 159 Å². The number of hydrogen-bond donors (Lipinski definition) is 2. The SMILES string of the molecule is Cc1cccc(C(NCc2cccnc2)C(=O)NCc2cccnc2)c1C. The van der Waals surface area contributed by atoms with Crippen LogP contribution in [0.1, 0.15) is 33.9 Å². The van der Waals surface area contributed by atoms with E-state index in [-0.39, 0.29) is 5.91 Å². The highest BCUT2D eigenvalue weighted by molar-refractivity contribution is 5.83. The van der Waals surface area contributed by atoms with E-state index in [0.29, 0.717) is 13.1 Å². The third-order valence-corrected chi connectivity index (χ3v) is 4.64. The molecule has 1 amide bonds. The van der Waals surface area contributed by atoms with Crippen LogP contribution < -0.4 is 10.6 Å². The van der Waals surface area contributed by atoms with E-state index in [1.165, 1.54) is 5.56 Å². The summed E-state index contributed by atoms with van der Waals surface area (Å²) in [6, 6.07) is 13.3. The fourth-order valence-corrected chi connectivity index (χ4v) is 2.95. The molecule has 2 aromatic heterocycles. The highest BCUT2D eigenvalue weighted by atomic mass is 16.2. The van der Waals surface area contributed by atoms with E-state index in [0.717, 1.165) is 22.3 Å². The third kappa shape index (κ3) is 4.99. The zero-order chi connectivity index (χ0) is 19.1. The second-order valence-electron chi connectivity index (χ2n) is 6.54. The van der Waals surface area contributed by atoms with Crippen LogP contribution in [0.15, 0.2) is 67.3 Å². The molecular weight excluding hydrogens is 336 g/mol. The average Bonchev–Trinajstić information content (AvgIpc) is 2.71. The van der Waals surface area contributed by atoms with Gasteiger partial charge in [0.1, 0.15) is 6.04 Å². The fourth-order valence-electron chi connectivity index (χ4n) is 2.95. The molecular formula is C22H24N4O. The van der Waals surface area contributed by atoms with Crippen molar-refractivity contribution in [3.8, 4) is 0 Å². The normalized spacial score (nSPS) is 11.8. The van der Waals surface area contributed by atoms with Gasteiger partial charge in [0.15, 0.2) is 0 Å². The van der Waals surface area contributed by atoms with Gasteiger partial charge in [0.05, 0.1) is 0 Å². The summed E-state index contributed by atoms with van der Waals surface area (Å²) >= 11 is 0. The van der Waals surface area contributed by atoms with Crippen molar-refractivity contribution in [2.75, 3.05) is 0 Å². The molecule has 2 heterocycles. The molecule has 0 aliphatic carbocycles. The average molecular weight is 360 g/mol. The molecule has 0 aliphatic rings. The lowest BCUT2D eigenvalue weighted by atomic mass is 9.96. The van der Waals surface area contributed by atoms with Crippen LogP contribution in [0.5, 0.6) is 0 Å². The van der Waals surface area contributed by atoms with Crippen molar-refractivity contribution in [2.24, 2.45) is 0 Å². The summed E-state index contributed by atoms with van der Waals surface area (Å²) in [5, 5.41) is 6.41. The number of nitrogens with one attached hydrogen (secondary N) is 2. The van der Waals surface area contributed by atoms with Gasteiger partial charge < -0.3 is 5.32 Å². The smallest absolute Gasteiger partial charge is 0.242 e. The van der Waals surface area contributed by atoms with Gasteiger partial charge in [-0.3, -0.25) is 20.1 Å². The number of aryl methyl sites for hydroxylation is 1. The molecule has 1 atom stereocenters. The Morgan fingerprint density at radius 2 is 1.59 bits per heavy atom. The van der Waals surface area contributed by atoms with Gasteiger partial charge in [-0.15, -0.1) is 0 Å². The number of aromatic nitrogens is 2. The largest absolute Gasteiger partial charge is 0.350 e. The Kier molecular flexibility index (Phi) is 6.28. The molecule has 2 N–H and O–H groups in total. The van der Waals surface area contributed by atoms with E-state index >= 15 is 0 Å². The lowest BCUT2D eigenvalue weighted by molar-refractivity contribution is -0.123. The molecule has 0 aliphatic heterocycles. The highest BCUT2D eigenvalue weighted by Gasteiger charge is 2.22. The molecule has 5 heteroatoms. The number of carbonyl (C=O) groups excluding carboxylic acids is 1. The van der Waals surface area contributed by atoms with Crippen LogP contribution in [-0.4, -0.2) is 15.9 Å². The van der Waals surface area contributed by atoms with Crippen LogP contribution in [0.25, 0.3) is 0 Å². The van der Waals surface area contributed by atoms with E-state index < -0.39 is 6.04 Å². The number of rotatable bonds is 7. The van der Waals surface area contributed by atoms with E-state index in [4.69, 9.17) is 0 Å². The van der Waals surface area contributed by atoms with E-state index in [2.05, 4.69) is 40.5 Å². The lowest BCUT2D eigenvalue weighted by Gasteiger charge is -2.21. The van der Waals surface area contributed by atoms with Crippen molar-refractivity contribution in [3.63, 3.8) is 0 Å². The van der Waals surface area contributed by atoms with E-state index in [9.17, 15) is 4.79 Å². The van der Waals surface area contributed by atoms with Crippen LogP contribution in [0.4, 0.5) is 0 Å². The number of carbonyl (C=O) groups is 1. The molecule has 3 rings (SSSR count). The van der Waals surface area contributed by atoms with Crippen molar-refractivity contribution in [1.29, 1.82) is 0 Å². The summed E-state index contributed by atoms with van der Waals surface area (Å²) in [5.74, 6) is -0.0588. The number of pyridine rings is 2. The summed E-state index contributed by atoms with van der Waals surface area (Å²) in [6.45, 7) is 5.12. The minimum Gasteiger partial charge on any atom is -0.350 e. The molecule has 0 saturated heterocycles. The molecule has 0 radical (unpaired) electrons. The number of nitrogens with zero attached hydrogens (tertiary/aromatic N) is 2. The van der Waals surface area contributed by atoms with Crippen molar-refractivity contribution in [2.45, 2.75) is 33.0 Å². The molecule has 0 fully saturated rings. The summed E-state index contributed by atoms with van der Waals surface area (Å²) in [6.07, 6.45) is 7.03. The number of benzene rings is 1. The molecule has 0 saturated carbocycles. The molecule has 1 aromatic carbocycles. The highest BCUT2D eigenvalue weighted by Crippen LogP contribution is 2.21. The zero-order valence-electron chi connectivity index (χ0n) is 15.6. The maximum absolute atomic E-state index is 13.0. The second kappa shape index (κ2) is 9.05. The minimum atomic E-state index is -0.443. The Morgan fingerprint density at radius 1 is 0.926 bits per heavy atom. The quantitative estimate of drug-likeness (QED) is 0.679. The molecule has 5 nitrogen and oxygen atoms in total. The van der Waals surface area contributed by atoms with Crippen molar-refractivity contribution >= 4 is 5.91 Å². The summed E-state index contributed by atoms with van der Waals surface area (Å²) in [4.78, 5) is 21.2. The van der Waals surface area contributed by atoms with Crippen molar-refractivity contribution in [3.05, 3.63) is 95.1 Å². The van der Waals surface area contributed by atoms with E-state index in [1.54, 1.807) is 24.8 Å². The maximum atomic E-state index is 13.0. The van der Waals surface area contributed by atoms with E-state index in [1.807, 2.05) is 36.4 Å². The van der Waals surface area contributed by atoms with Crippen LogP contribution in [0, 0.1) is 13.8 Å². The van der Waals surface area contributed by atoms with Crippen molar-refractivity contribution in [1.82, 2.24) is 20.6 Å². The Hall–Kier alpha value is -3.05. The van der Waals surface area contributed by atoms with Gasteiger partial charge in [-0.05, 0) is 53.8 Å². The first-order valence-corrected chi connectivity index (χ1v) is 9.00.